The van der Waals surface area contributed by atoms with Crippen molar-refractivity contribution in [3.05, 3.63) is 0 Å². The second-order valence-electron chi connectivity index (χ2n) is 5.90. The molecule has 0 radical (unpaired) electrons. The average Bonchev–Trinajstić information content (AvgIpc) is 2.26. The second-order valence-corrected chi connectivity index (χ2v) is 5.90. The largest absolute Gasteiger partial charge is 0.388 e. The molecule has 0 aromatic heterocycles. The van der Waals surface area contributed by atoms with Crippen molar-refractivity contribution in [2.24, 2.45) is 17.8 Å². The Balaban J connectivity index is 2.70. The highest BCUT2D eigenvalue weighted by molar-refractivity contribution is 5.93. The first-order valence-electron chi connectivity index (χ1n) is 6.82. The lowest BCUT2D eigenvalue weighted by Gasteiger charge is -2.44. The molecule has 0 heterocycles. The molecule has 0 unspecified atom stereocenters. The van der Waals surface area contributed by atoms with Crippen molar-refractivity contribution in [1.82, 2.24) is 5.32 Å². The van der Waals surface area contributed by atoms with Crippen LogP contribution in [-0.4, -0.2) is 23.2 Å². The highest BCUT2D eigenvalue weighted by Gasteiger charge is 2.42. The molecule has 3 heteroatoms. The van der Waals surface area contributed by atoms with Gasteiger partial charge in [-0.05, 0) is 43.4 Å². The summed E-state index contributed by atoms with van der Waals surface area (Å²) in [4.78, 5) is 11.4. The summed E-state index contributed by atoms with van der Waals surface area (Å²) in [6, 6.07) is 0. The third kappa shape index (κ3) is 3.74. The van der Waals surface area contributed by atoms with Gasteiger partial charge < -0.3 is 10.4 Å². The fraction of sp³-hybridized carbons (Fsp3) is 0.800. The minimum Gasteiger partial charge on any atom is -0.388 e. The molecule has 1 fully saturated rings. The third-order valence-corrected chi connectivity index (χ3v) is 3.96. The zero-order chi connectivity index (χ0) is 13.8. The molecule has 0 aromatic carbocycles. The van der Waals surface area contributed by atoms with E-state index in [1.165, 1.54) is 0 Å². The highest BCUT2D eigenvalue weighted by Crippen LogP contribution is 2.40. The minimum atomic E-state index is -0.781. The predicted octanol–water partition coefficient (Wildman–Crippen LogP) is 1.95. The van der Waals surface area contributed by atoms with Crippen LogP contribution in [-0.2, 0) is 4.79 Å². The van der Waals surface area contributed by atoms with Gasteiger partial charge in [0.1, 0.15) is 0 Å². The van der Waals surface area contributed by atoms with Crippen LogP contribution >= 0.6 is 0 Å². The van der Waals surface area contributed by atoms with Gasteiger partial charge in [0.2, 0.25) is 0 Å². The van der Waals surface area contributed by atoms with E-state index in [0.717, 1.165) is 19.3 Å². The van der Waals surface area contributed by atoms with Gasteiger partial charge in [-0.15, -0.1) is 0 Å². The Morgan fingerprint density at radius 2 is 2.17 bits per heavy atom. The number of rotatable bonds is 3. The predicted molar refractivity (Wildman–Crippen MR) is 72.8 cm³/mol. The molecule has 1 rings (SSSR count). The molecule has 2 N–H and O–H groups in total. The molecule has 1 aliphatic carbocycles. The van der Waals surface area contributed by atoms with Crippen LogP contribution in [0.2, 0.25) is 0 Å². The Kier molecular flexibility index (Phi) is 5.22. The summed E-state index contributed by atoms with van der Waals surface area (Å²) >= 11 is 0. The third-order valence-electron chi connectivity index (χ3n) is 3.96. The number of nitrogens with one attached hydrogen (secondary N) is 1. The van der Waals surface area contributed by atoms with Gasteiger partial charge >= 0.3 is 0 Å². The summed E-state index contributed by atoms with van der Waals surface area (Å²) < 4.78 is 0. The fourth-order valence-corrected chi connectivity index (χ4v) is 3.14. The van der Waals surface area contributed by atoms with E-state index in [-0.39, 0.29) is 11.8 Å². The number of carbonyl (C=O) groups excluding carboxylic acids is 1. The molecule has 3 nitrogen and oxygen atoms in total. The second kappa shape index (κ2) is 6.24. The SMILES string of the molecule is CC#CC(=O)NC[C@@]1(O)C[C@H](C)CC[C@H]1C(C)C. The van der Waals surface area contributed by atoms with Gasteiger partial charge in [0.25, 0.3) is 5.91 Å². The topological polar surface area (TPSA) is 49.3 Å². The van der Waals surface area contributed by atoms with Gasteiger partial charge in [0.05, 0.1) is 5.60 Å². The van der Waals surface area contributed by atoms with Gasteiger partial charge in [-0.25, -0.2) is 0 Å². The lowest BCUT2D eigenvalue weighted by Crippen LogP contribution is -2.53. The molecular formula is C15H25NO2. The maximum atomic E-state index is 11.4. The van der Waals surface area contributed by atoms with Crippen molar-refractivity contribution in [2.75, 3.05) is 6.54 Å². The maximum Gasteiger partial charge on any atom is 0.295 e. The Morgan fingerprint density at radius 3 is 2.72 bits per heavy atom. The summed E-state index contributed by atoms with van der Waals surface area (Å²) in [7, 11) is 0. The van der Waals surface area contributed by atoms with Crippen molar-refractivity contribution >= 4 is 5.91 Å². The number of hydrogen-bond donors (Lipinski definition) is 2. The summed E-state index contributed by atoms with van der Waals surface area (Å²) in [6.45, 7) is 8.38. The first-order valence-corrected chi connectivity index (χ1v) is 6.82. The van der Waals surface area contributed by atoms with E-state index in [2.05, 4.69) is 37.9 Å². The Bertz CT molecular complexity index is 353. The molecule has 0 aliphatic heterocycles. The highest BCUT2D eigenvalue weighted by atomic mass is 16.3. The molecule has 102 valence electrons. The molecule has 0 spiro atoms. The van der Waals surface area contributed by atoms with Crippen molar-refractivity contribution in [3.63, 3.8) is 0 Å². The standard InChI is InChI=1S/C15H25NO2/c1-5-6-14(17)16-10-15(18)9-12(4)7-8-13(15)11(2)3/h11-13,18H,7-10H2,1-4H3,(H,16,17)/t12-,13+,15+/m1/s1. The van der Waals surface area contributed by atoms with Crippen LogP contribution in [0.15, 0.2) is 0 Å². The van der Waals surface area contributed by atoms with Crippen LogP contribution in [0.4, 0.5) is 0 Å². The van der Waals surface area contributed by atoms with Crippen LogP contribution in [0, 0.1) is 29.6 Å². The smallest absolute Gasteiger partial charge is 0.295 e. The first-order chi connectivity index (χ1) is 8.39. The molecule has 1 aliphatic rings. The van der Waals surface area contributed by atoms with Gasteiger partial charge in [-0.1, -0.05) is 33.1 Å². The summed E-state index contributed by atoms with van der Waals surface area (Å²) in [5.41, 5.74) is -0.781. The van der Waals surface area contributed by atoms with Crippen LogP contribution in [0.1, 0.15) is 47.0 Å². The Labute approximate surface area is 110 Å². The van der Waals surface area contributed by atoms with E-state index in [1.54, 1.807) is 6.92 Å². The summed E-state index contributed by atoms with van der Waals surface area (Å²) in [6.07, 6.45) is 2.95. The summed E-state index contributed by atoms with van der Waals surface area (Å²) in [5.74, 6) is 5.91. The molecular weight excluding hydrogens is 226 g/mol. The number of amides is 1. The quantitative estimate of drug-likeness (QED) is 0.753. The number of carbonyl (C=O) groups is 1. The van der Waals surface area contributed by atoms with Crippen molar-refractivity contribution < 1.29 is 9.90 Å². The normalized spacial score (nSPS) is 31.7. The van der Waals surface area contributed by atoms with Gasteiger partial charge in [0, 0.05) is 6.54 Å². The van der Waals surface area contributed by atoms with Crippen molar-refractivity contribution in [2.45, 2.75) is 52.6 Å². The molecule has 0 saturated heterocycles. The average molecular weight is 251 g/mol. The number of hydrogen-bond acceptors (Lipinski definition) is 2. The molecule has 18 heavy (non-hydrogen) atoms. The zero-order valence-corrected chi connectivity index (χ0v) is 11.9. The molecule has 0 aromatic rings. The summed E-state index contributed by atoms with van der Waals surface area (Å²) in [5, 5.41) is 13.6. The molecule has 1 saturated carbocycles. The Morgan fingerprint density at radius 1 is 1.50 bits per heavy atom. The van der Waals surface area contributed by atoms with Crippen LogP contribution in [0.5, 0.6) is 0 Å². The Hall–Kier alpha value is -1.01. The molecule has 1 amide bonds. The van der Waals surface area contributed by atoms with Crippen LogP contribution in [0.25, 0.3) is 0 Å². The zero-order valence-electron chi connectivity index (χ0n) is 11.9. The lowest BCUT2D eigenvalue weighted by molar-refractivity contribution is -0.120. The van der Waals surface area contributed by atoms with Crippen molar-refractivity contribution in [1.29, 1.82) is 0 Å². The molecule has 3 atom stereocenters. The van der Waals surface area contributed by atoms with E-state index >= 15 is 0 Å². The number of aliphatic hydroxyl groups is 1. The minimum absolute atomic E-state index is 0.253. The van der Waals surface area contributed by atoms with E-state index in [9.17, 15) is 9.90 Å². The van der Waals surface area contributed by atoms with Crippen LogP contribution in [0.3, 0.4) is 0 Å². The monoisotopic (exact) mass is 251 g/mol. The van der Waals surface area contributed by atoms with E-state index < -0.39 is 5.60 Å². The van der Waals surface area contributed by atoms with Crippen molar-refractivity contribution in [3.8, 4) is 11.8 Å². The van der Waals surface area contributed by atoms with Gasteiger partial charge in [0.15, 0.2) is 0 Å². The van der Waals surface area contributed by atoms with E-state index in [0.29, 0.717) is 18.4 Å². The van der Waals surface area contributed by atoms with E-state index in [1.807, 2.05) is 0 Å². The fourth-order valence-electron chi connectivity index (χ4n) is 3.14. The van der Waals surface area contributed by atoms with Crippen LogP contribution < -0.4 is 5.32 Å². The maximum absolute atomic E-state index is 11.4. The lowest BCUT2D eigenvalue weighted by atomic mass is 9.67. The molecule has 0 bridgehead atoms. The van der Waals surface area contributed by atoms with Gasteiger partial charge in [-0.2, -0.15) is 0 Å². The van der Waals surface area contributed by atoms with Gasteiger partial charge in [-0.3, -0.25) is 4.79 Å². The van der Waals surface area contributed by atoms with E-state index in [4.69, 9.17) is 0 Å². The first kappa shape index (κ1) is 15.0.